The Morgan fingerprint density at radius 3 is 2.84 bits per heavy atom. The van der Waals surface area contributed by atoms with Gasteiger partial charge in [-0.2, -0.15) is 4.98 Å². The van der Waals surface area contributed by atoms with Crippen molar-refractivity contribution in [1.82, 2.24) is 14.7 Å². The number of aliphatic carboxylic acids is 1. The van der Waals surface area contributed by atoms with Crippen LogP contribution in [-0.2, 0) is 11.3 Å². The van der Waals surface area contributed by atoms with E-state index in [4.69, 9.17) is 14.4 Å². The second-order valence-electron chi connectivity index (χ2n) is 7.48. The van der Waals surface area contributed by atoms with Gasteiger partial charge in [-0.3, -0.25) is 4.79 Å². The van der Waals surface area contributed by atoms with Crippen molar-refractivity contribution >= 4 is 32.8 Å². The number of nitrogens with zero attached hydrogens (tertiary/aromatic N) is 3. The Bertz CT molecular complexity index is 1230. The van der Waals surface area contributed by atoms with Crippen molar-refractivity contribution in [3.63, 3.8) is 0 Å². The quantitative estimate of drug-likeness (QED) is 0.341. The van der Waals surface area contributed by atoms with Crippen molar-refractivity contribution in [2.45, 2.75) is 39.3 Å². The summed E-state index contributed by atoms with van der Waals surface area (Å²) in [5.74, 6) is 0.895. The Morgan fingerprint density at radius 2 is 2.10 bits per heavy atom. The van der Waals surface area contributed by atoms with Crippen LogP contribution in [0, 0.1) is 0 Å². The number of carbonyl (C=O) groups is 1. The van der Waals surface area contributed by atoms with Gasteiger partial charge in [0, 0.05) is 41.2 Å². The molecule has 0 saturated heterocycles. The van der Waals surface area contributed by atoms with Crippen LogP contribution in [0.5, 0.6) is 5.75 Å². The van der Waals surface area contributed by atoms with Gasteiger partial charge in [0.25, 0.3) is 5.89 Å². The maximum absolute atomic E-state index is 10.8. The van der Waals surface area contributed by atoms with Crippen molar-refractivity contribution in [3.8, 4) is 28.6 Å². The molecular weight excluding hydrogens is 462 g/mol. The molecule has 0 atom stereocenters. The third-order valence-electron chi connectivity index (χ3n) is 4.81. The number of carboxylic acid groups (broad SMARTS) is 1. The van der Waals surface area contributed by atoms with Crippen molar-refractivity contribution in [3.05, 3.63) is 53.1 Å². The molecule has 0 aliphatic heterocycles. The van der Waals surface area contributed by atoms with E-state index in [0.717, 1.165) is 32.3 Å². The highest BCUT2D eigenvalue weighted by Crippen LogP contribution is 2.33. The number of halogens is 1. The van der Waals surface area contributed by atoms with Gasteiger partial charge in [0.15, 0.2) is 0 Å². The van der Waals surface area contributed by atoms with Gasteiger partial charge in [-0.05, 0) is 66.5 Å². The number of carboxylic acids is 1. The number of fused-ring (bicyclic) bond motifs is 1. The lowest BCUT2D eigenvalue weighted by Crippen LogP contribution is -2.05. The van der Waals surface area contributed by atoms with Crippen molar-refractivity contribution in [1.29, 1.82) is 0 Å². The molecule has 31 heavy (non-hydrogen) atoms. The SMILES string of the molecule is CC(C)Oc1ccc(-c2nc(-c3cccc4c3ccn4CCCC(=O)O)no2)cc1Br. The normalized spacial score (nSPS) is 11.4. The molecule has 0 fully saturated rings. The van der Waals surface area contributed by atoms with Gasteiger partial charge < -0.3 is 18.9 Å². The molecule has 1 N–H and O–H groups in total. The van der Waals surface area contributed by atoms with Crippen molar-refractivity contribution in [2.24, 2.45) is 0 Å². The van der Waals surface area contributed by atoms with Gasteiger partial charge in [0.2, 0.25) is 5.82 Å². The van der Waals surface area contributed by atoms with Crippen LogP contribution < -0.4 is 4.74 Å². The summed E-state index contributed by atoms with van der Waals surface area (Å²) in [6.45, 7) is 4.59. The van der Waals surface area contributed by atoms with E-state index in [0.29, 0.717) is 24.7 Å². The smallest absolute Gasteiger partial charge is 0.303 e. The molecule has 0 radical (unpaired) electrons. The molecule has 0 unspecified atom stereocenters. The zero-order chi connectivity index (χ0) is 22.0. The first-order valence-electron chi connectivity index (χ1n) is 10.0. The van der Waals surface area contributed by atoms with Crippen LogP contribution in [0.25, 0.3) is 33.7 Å². The second kappa shape index (κ2) is 8.93. The second-order valence-corrected chi connectivity index (χ2v) is 8.33. The number of aromatic nitrogens is 3. The summed E-state index contributed by atoms with van der Waals surface area (Å²) in [6, 6.07) is 13.6. The molecule has 0 amide bonds. The molecule has 2 heterocycles. The minimum absolute atomic E-state index is 0.0779. The van der Waals surface area contributed by atoms with E-state index in [1.807, 2.05) is 67.1 Å². The highest BCUT2D eigenvalue weighted by molar-refractivity contribution is 9.10. The first kappa shape index (κ1) is 21.1. The van der Waals surface area contributed by atoms with Crippen LogP contribution in [0.2, 0.25) is 0 Å². The third-order valence-corrected chi connectivity index (χ3v) is 5.43. The maximum atomic E-state index is 10.8. The molecule has 160 valence electrons. The summed E-state index contributed by atoms with van der Waals surface area (Å²) >= 11 is 3.54. The Balaban J connectivity index is 1.61. The summed E-state index contributed by atoms with van der Waals surface area (Å²) in [7, 11) is 0. The highest BCUT2D eigenvalue weighted by atomic mass is 79.9. The van der Waals surface area contributed by atoms with Crippen LogP contribution in [-0.4, -0.2) is 31.9 Å². The molecule has 0 aliphatic rings. The number of aryl methyl sites for hydroxylation is 1. The fraction of sp³-hybridized carbons (Fsp3) is 0.261. The summed E-state index contributed by atoms with van der Waals surface area (Å²) in [5, 5.41) is 14.0. The van der Waals surface area contributed by atoms with Crippen molar-refractivity contribution < 1.29 is 19.2 Å². The van der Waals surface area contributed by atoms with E-state index in [1.54, 1.807) is 0 Å². The largest absolute Gasteiger partial charge is 0.490 e. The van der Waals surface area contributed by atoms with Crippen LogP contribution in [0.3, 0.4) is 0 Å². The van der Waals surface area contributed by atoms with E-state index < -0.39 is 5.97 Å². The van der Waals surface area contributed by atoms with Gasteiger partial charge in [-0.1, -0.05) is 17.3 Å². The molecule has 8 heteroatoms. The molecule has 4 rings (SSSR count). The van der Waals surface area contributed by atoms with E-state index in [2.05, 4.69) is 26.1 Å². The number of hydrogen-bond donors (Lipinski definition) is 1. The Labute approximate surface area is 187 Å². The zero-order valence-corrected chi connectivity index (χ0v) is 18.8. The lowest BCUT2D eigenvalue weighted by Gasteiger charge is -2.11. The Kier molecular flexibility index (Phi) is 6.08. The Hall–Kier alpha value is -3.13. The van der Waals surface area contributed by atoms with E-state index in [1.165, 1.54) is 0 Å². The molecule has 2 aromatic carbocycles. The number of ether oxygens (including phenoxy) is 1. The van der Waals surface area contributed by atoms with Crippen LogP contribution in [0.4, 0.5) is 0 Å². The van der Waals surface area contributed by atoms with Gasteiger partial charge in [0.1, 0.15) is 5.75 Å². The first-order valence-corrected chi connectivity index (χ1v) is 10.8. The average molecular weight is 484 g/mol. The predicted octanol–water partition coefficient (Wildman–Crippen LogP) is 5.77. The lowest BCUT2D eigenvalue weighted by molar-refractivity contribution is -0.137. The van der Waals surface area contributed by atoms with E-state index >= 15 is 0 Å². The van der Waals surface area contributed by atoms with Gasteiger partial charge in [-0.25, -0.2) is 0 Å². The fourth-order valence-electron chi connectivity index (χ4n) is 3.45. The van der Waals surface area contributed by atoms with Gasteiger partial charge in [0.05, 0.1) is 10.6 Å². The average Bonchev–Trinajstić information content (AvgIpc) is 3.36. The maximum Gasteiger partial charge on any atom is 0.303 e. The fourth-order valence-corrected chi connectivity index (χ4v) is 3.92. The topological polar surface area (TPSA) is 90.4 Å². The van der Waals surface area contributed by atoms with Crippen LogP contribution in [0.15, 0.2) is 57.7 Å². The third kappa shape index (κ3) is 4.64. The van der Waals surface area contributed by atoms with E-state index in [-0.39, 0.29) is 12.5 Å². The van der Waals surface area contributed by atoms with Crippen molar-refractivity contribution in [2.75, 3.05) is 0 Å². The summed E-state index contributed by atoms with van der Waals surface area (Å²) in [6.07, 6.45) is 2.75. The van der Waals surface area contributed by atoms with Gasteiger partial charge in [-0.15, -0.1) is 0 Å². The lowest BCUT2D eigenvalue weighted by atomic mass is 10.1. The molecule has 7 nitrogen and oxygen atoms in total. The zero-order valence-electron chi connectivity index (χ0n) is 17.2. The minimum atomic E-state index is -0.785. The molecule has 0 spiro atoms. The number of benzene rings is 2. The minimum Gasteiger partial charge on any atom is -0.490 e. The Morgan fingerprint density at radius 1 is 1.26 bits per heavy atom. The summed E-state index contributed by atoms with van der Waals surface area (Å²) in [5.41, 5.74) is 2.66. The number of rotatable bonds is 8. The van der Waals surface area contributed by atoms with Crippen LogP contribution in [0.1, 0.15) is 26.7 Å². The molecule has 4 aromatic rings. The molecular formula is C23H22BrN3O4. The summed E-state index contributed by atoms with van der Waals surface area (Å²) < 4.78 is 14.2. The van der Waals surface area contributed by atoms with Crippen LogP contribution >= 0.6 is 15.9 Å². The molecule has 0 bridgehead atoms. The van der Waals surface area contributed by atoms with E-state index in [9.17, 15) is 4.79 Å². The summed E-state index contributed by atoms with van der Waals surface area (Å²) in [4.78, 5) is 15.4. The molecule has 2 aromatic heterocycles. The first-order chi connectivity index (χ1) is 14.9. The number of hydrogen-bond acceptors (Lipinski definition) is 5. The predicted molar refractivity (Wildman–Crippen MR) is 121 cm³/mol. The standard InChI is InChI=1S/C23H22BrN3O4/c1-14(2)30-20-9-8-15(13-18(20)24)23-25-22(26-31-23)17-5-3-6-19-16(17)10-12-27(19)11-4-7-21(28)29/h3,5-6,8-10,12-14H,4,7,11H2,1-2H3,(H,28,29). The van der Waals surface area contributed by atoms with Gasteiger partial charge >= 0.3 is 5.97 Å². The molecule has 0 aliphatic carbocycles. The monoisotopic (exact) mass is 483 g/mol. The highest BCUT2D eigenvalue weighted by Gasteiger charge is 2.16. The molecule has 0 saturated carbocycles.